The molecule has 10 heteroatoms. The van der Waals surface area contributed by atoms with Crippen molar-refractivity contribution < 1.29 is 22.6 Å². The third kappa shape index (κ3) is 3.54. The Balaban J connectivity index is 1.46. The molecule has 1 aliphatic heterocycles. The molecule has 0 unspecified atom stereocenters. The summed E-state index contributed by atoms with van der Waals surface area (Å²) in [6.07, 6.45) is 1.37. The largest absolute Gasteiger partial charge is 0.454 e. The molecule has 2 heterocycles. The second-order valence-electron chi connectivity index (χ2n) is 5.55. The summed E-state index contributed by atoms with van der Waals surface area (Å²) in [7, 11) is 0. The summed E-state index contributed by atoms with van der Waals surface area (Å²) < 4.78 is 50.6. The zero-order chi connectivity index (χ0) is 18.8. The highest BCUT2D eigenvalue weighted by Gasteiger charge is 2.15. The zero-order valence-corrected chi connectivity index (χ0v) is 13.7. The summed E-state index contributed by atoms with van der Waals surface area (Å²) in [6, 6.07) is 7.35. The molecule has 0 atom stereocenters. The summed E-state index contributed by atoms with van der Waals surface area (Å²) in [4.78, 5) is 4.11. The Hall–Kier alpha value is -3.56. The lowest BCUT2D eigenvalue weighted by Gasteiger charge is -2.09. The van der Waals surface area contributed by atoms with Crippen LogP contribution in [0.25, 0.3) is 0 Å². The zero-order valence-electron chi connectivity index (χ0n) is 13.7. The summed E-state index contributed by atoms with van der Waals surface area (Å²) in [5, 5.41) is 13.0. The van der Waals surface area contributed by atoms with Crippen molar-refractivity contribution in [2.75, 3.05) is 17.4 Å². The highest BCUT2D eigenvalue weighted by molar-refractivity contribution is 5.55. The highest BCUT2D eigenvalue weighted by Crippen LogP contribution is 2.32. The number of hydrogen-bond acceptors (Lipinski definition) is 7. The van der Waals surface area contributed by atoms with E-state index in [2.05, 4.69) is 25.8 Å². The van der Waals surface area contributed by atoms with Crippen molar-refractivity contribution in [1.29, 1.82) is 0 Å². The van der Waals surface area contributed by atoms with Crippen LogP contribution in [0.5, 0.6) is 11.5 Å². The molecule has 0 spiro atoms. The average Bonchev–Trinajstić information content (AvgIpc) is 3.15. The quantitative estimate of drug-likeness (QED) is 0.662. The summed E-state index contributed by atoms with van der Waals surface area (Å²) in [5.74, 6) is -2.60. The number of nitrogens with one attached hydrogen (secondary N) is 2. The maximum Gasteiger partial charge on any atom is 0.249 e. The lowest BCUT2D eigenvalue weighted by molar-refractivity contribution is 0.174. The Morgan fingerprint density at radius 2 is 1.85 bits per heavy atom. The second kappa shape index (κ2) is 6.98. The first-order valence-electron chi connectivity index (χ1n) is 7.83. The molecule has 0 aliphatic carbocycles. The number of anilines is 3. The molecule has 0 bridgehead atoms. The van der Waals surface area contributed by atoms with E-state index in [9.17, 15) is 13.2 Å². The maximum atomic E-state index is 13.7. The Morgan fingerprint density at radius 1 is 1.00 bits per heavy atom. The number of benzene rings is 2. The van der Waals surface area contributed by atoms with Crippen molar-refractivity contribution in [3.63, 3.8) is 0 Å². The van der Waals surface area contributed by atoms with E-state index < -0.39 is 17.5 Å². The van der Waals surface area contributed by atoms with Crippen LogP contribution < -0.4 is 20.1 Å². The molecule has 7 nitrogen and oxygen atoms in total. The van der Waals surface area contributed by atoms with Gasteiger partial charge in [-0.05, 0) is 29.8 Å². The molecular formula is C17H12F3N5O2. The Morgan fingerprint density at radius 3 is 2.74 bits per heavy atom. The minimum Gasteiger partial charge on any atom is -0.454 e. The fraction of sp³-hybridized carbons (Fsp3) is 0.118. The molecule has 3 aromatic rings. The average molecular weight is 375 g/mol. The first-order valence-corrected chi connectivity index (χ1v) is 7.83. The lowest BCUT2D eigenvalue weighted by atomic mass is 10.2. The van der Waals surface area contributed by atoms with Crippen LogP contribution in [-0.2, 0) is 6.54 Å². The van der Waals surface area contributed by atoms with Gasteiger partial charge in [0.1, 0.15) is 0 Å². The summed E-state index contributed by atoms with van der Waals surface area (Å²) in [6.45, 7) is 0.603. The van der Waals surface area contributed by atoms with E-state index in [1.807, 2.05) is 12.1 Å². The molecule has 0 radical (unpaired) electrons. The molecule has 0 fully saturated rings. The van der Waals surface area contributed by atoms with E-state index in [0.717, 1.165) is 17.7 Å². The fourth-order valence-electron chi connectivity index (χ4n) is 2.43. The van der Waals surface area contributed by atoms with Crippen LogP contribution in [0.3, 0.4) is 0 Å². The topological polar surface area (TPSA) is 81.2 Å². The summed E-state index contributed by atoms with van der Waals surface area (Å²) in [5.41, 5.74) is 0.614. The van der Waals surface area contributed by atoms with E-state index in [1.165, 1.54) is 6.20 Å². The number of ether oxygens (including phenoxy) is 2. The van der Waals surface area contributed by atoms with Gasteiger partial charge in [-0.3, -0.25) is 0 Å². The third-order valence-electron chi connectivity index (χ3n) is 3.75. The van der Waals surface area contributed by atoms with Gasteiger partial charge in [-0.15, -0.1) is 5.10 Å². The van der Waals surface area contributed by atoms with Crippen molar-refractivity contribution in [3.05, 3.63) is 59.5 Å². The van der Waals surface area contributed by atoms with E-state index >= 15 is 0 Å². The van der Waals surface area contributed by atoms with Crippen LogP contribution in [0.4, 0.5) is 30.6 Å². The minimum atomic E-state index is -1.58. The molecule has 0 saturated carbocycles. The molecule has 0 amide bonds. The third-order valence-corrected chi connectivity index (χ3v) is 3.75. The minimum absolute atomic E-state index is 0.0735. The van der Waals surface area contributed by atoms with Gasteiger partial charge < -0.3 is 20.1 Å². The van der Waals surface area contributed by atoms with Gasteiger partial charge in [0.05, 0.1) is 11.9 Å². The van der Waals surface area contributed by atoms with Crippen molar-refractivity contribution in [1.82, 2.24) is 15.2 Å². The number of aromatic nitrogens is 3. The van der Waals surface area contributed by atoms with E-state index in [-0.39, 0.29) is 18.4 Å². The van der Waals surface area contributed by atoms with Crippen molar-refractivity contribution in [3.8, 4) is 11.5 Å². The number of rotatable bonds is 5. The van der Waals surface area contributed by atoms with Crippen LogP contribution >= 0.6 is 0 Å². The SMILES string of the molecule is Fc1ccc(Nc2nncc(NCc3ccc4c(c3)OCO4)n2)c(F)c1F. The fourth-order valence-corrected chi connectivity index (χ4v) is 2.43. The molecule has 2 aromatic carbocycles. The molecule has 2 N–H and O–H groups in total. The molecule has 1 aliphatic rings. The predicted molar refractivity (Wildman–Crippen MR) is 89.3 cm³/mol. The highest BCUT2D eigenvalue weighted by atomic mass is 19.2. The second-order valence-corrected chi connectivity index (χ2v) is 5.55. The number of halogens is 3. The van der Waals surface area contributed by atoms with Gasteiger partial charge in [0, 0.05) is 6.54 Å². The molecule has 0 saturated heterocycles. The van der Waals surface area contributed by atoms with Crippen LogP contribution in [-0.4, -0.2) is 22.0 Å². The van der Waals surface area contributed by atoms with E-state index in [1.54, 1.807) is 6.07 Å². The molecule has 27 heavy (non-hydrogen) atoms. The standard InChI is InChI=1S/C17H12F3N5O2/c18-10-2-3-11(16(20)15(10)19)23-17-24-14(7-22-25-17)21-6-9-1-4-12-13(5-9)27-8-26-12/h1-5,7H,6,8H2,(H2,21,23,24,25). The van der Waals surface area contributed by atoms with Crippen LogP contribution in [0.1, 0.15) is 5.56 Å². The number of fused-ring (bicyclic) bond motifs is 1. The van der Waals surface area contributed by atoms with Gasteiger partial charge >= 0.3 is 0 Å². The predicted octanol–water partition coefficient (Wildman–Crippen LogP) is 3.37. The van der Waals surface area contributed by atoms with Gasteiger partial charge in [-0.25, -0.2) is 13.2 Å². The van der Waals surface area contributed by atoms with E-state index in [0.29, 0.717) is 23.9 Å². The Kier molecular flexibility index (Phi) is 4.37. The van der Waals surface area contributed by atoms with Crippen LogP contribution in [0.15, 0.2) is 36.5 Å². The number of nitrogens with zero attached hydrogens (tertiary/aromatic N) is 3. The molecular weight excluding hydrogens is 363 g/mol. The molecule has 1 aromatic heterocycles. The maximum absolute atomic E-state index is 13.7. The number of hydrogen-bond donors (Lipinski definition) is 2. The smallest absolute Gasteiger partial charge is 0.249 e. The van der Waals surface area contributed by atoms with Crippen LogP contribution in [0, 0.1) is 17.5 Å². The first kappa shape index (κ1) is 16.9. The normalized spacial score (nSPS) is 12.1. The first-order chi connectivity index (χ1) is 13.1. The van der Waals surface area contributed by atoms with Gasteiger partial charge in [-0.1, -0.05) is 6.07 Å². The van der Waals surface area contributed by atoms with Crippen LogP contribution in [0.2, 0.25) is 0 Å². The van der Waals surface area contributed by atoms with E-state index in [4.69, 9.17) is 9.47 Å². The summed E-state index contributed by atoms with van der Waals surface area (Å²) >= 11 is 0. The lowest BCUT2D eigenvalue weighted by Crippen LogP contribution is -2.07. The van der Waals surface area contributed by atoms with Gasteiger partial charge in [0.15, 0.2) is 34.8 Å². The van der Waals surface area contributed by atoms with Gasteiger partial charge in [0.2, 0.25) is 12.7 Å². The molecule has 4 rings (SSSR count). The van der Waals surface area contributed by atoms with Gasteiger partial charge in [-0.2, -0.15) is 10.1 Å². The van der Waals surface area contributed by atoms with Gasteiger partial charge in [0.25, 0.3) is 0 Å². The van der Waals surface area contributed by atoms with Crippen molar-refractivity contribution >= 4 is 17.5 Å². The van der Waals surface area contributed by atoms with Crippen molar-refractivity contribution in [2.24, 2.45) is 0 Å². The Bertz CT molecular complexity index is 1000. The monoisotopic (exact) mass is 375 g/mol. The Labute approximate surface area is 151 Å². The molecule has 138 valence electrons. The van der Waals surface area contributed by atoms with Crippen molar-refractivity contribution in [2.45, 2.75) is 6.54 Å².